The highest BCUT2D eigenvalue weighted by Crippen LogP contribution is 2.24. The molecule has 0 aliphatic rings. The van der Waals surface area contributed by atoms with Crippen molar-refractivity contribution in [1.82, 2.24) is 0 Å². The van der Waals surface area contributed by atoms with E-state index < -0.39 is 0 Å². The Morgan fingerprint density at radius 3 is 2.07 bits per heavy atom. The molecule has 0 aliphatic carbocycles. The number of benzene rings is 3. The summed E-state index contributed by atoms with van der Waals surface area (Å²) in [5.41, 5.74) is 4.74. The molecule has 4 heteroatoms. The summed E-state index contributed by atoms with van der Waals surface area (Å²) in [6, 6.07) is 20.9. The molecular weight excluding hydrogens is 370 g/mol. The quantitative estimate of drug-likeness (QED) is 0.511. The van der Waals surface area contributed by atoms with E-state index in [4.69, 9.17) is 16.3 Å². The van der Waals surface area contributed by atoms with E-state index >= 15 is 0 Å². The third-order valence-electron chi connectivity index (χ3n) is 4.71. The summed E-state index contributed by atoms with van der Waals surface area (Å²) in [7, 11) is 0. The van der Waals surface area contributed by atoms with Crippen LogP contribution in [-0.2, 0) is 19.4 Å². The van der Waals surface area contributed by atoms with E-state index in [1.807, 2.05) is 30.3 Å². The summed E-state index contributed by atoms with van der Waals surface area (Å²) in [5, 5.41) is 3.77. The fourth-order valence-corrected chi connectivity index (χ4v) is 3.26. The van der Waals surface area contributed by atoms with Crippen LogP contribution in [0, 0.1) is 0 Å². The van der Waals surface area contributed by atoms with Crippen LogP contribution < -0.4 is 10.1 Å². The molecule has 0 unspecified atom stereocenters. The minimum Gasteiger partial charge on any atom is -0.489 e. The Kier molecular flexibility index (Phi) is 6.72. The van der Waals surface area contributed by atoms with Gasteiger partial charge in [-0.15, -0.1) is 0 Å². The first-order chi connectivity index (χ1) is 13.6. The lowest BCUT2D eigenvalue weighted by atomic mass is 10.0. The summed E-state index contributed by atoms with van der Waals surface area (Å²) < 4.78 is 5.78. The highest BCUT2D eigenvalue weighted by molar-refractivity contribution is 6.31. The van der Waals surface area contributed by atoms with Gasteiger partial charge >= 0.3 is 0 Å². The van der Waals surface area contributed by atoms with Crippen molar-refractivity contribution in [2.24, 2.45) is 0 Å². The lowest BCUT2D eigenvalue weighted by molar-refractivity contribution is 0.102. The molecule has 0 heterocycles. The number of ether oxygens (including phenoxy) is 1. The number of amides is 1. The van der Waals surface area contributed by atoms with Gasteiger partial charge in [0.25, 0.3) is 5.91 Å². The molecular formula is C24H24ClNO2. The normalized spacial score (nSPS) is 10.5. The molecule has 0 saturated carbocycles. The van der Waals surface area contributed by atoms with Gasteiger partial charge in [-0.05, 0) is 54.3 Å². The number of anilines is 1. The molecule has 3 nitrogen and oxygen atoms in total. The fraction of sp³-hybridized carbons (Fsp3) is 0.208. The average molecular weight is 394 g/mol. The molecule has 144 valence electrons. The highest BCUT2D eigenvalue weighted by Gasteiger charge is 2.12. The zero-order valence-corrected chi connectivity index (χ0v) is 16.9. The molecule has 0 saturated heterocycles. The first kappa shape index (κ1) is 20.0. The van der Waals surface area contributed by atoms with E-state index in [2.05, 4.69) is 31.3 Å². The number of hydrogen-bond acceptors (Lipinski definition) is 2. The van der Waals surface area contributed by atoms with Gasteiger partial charge in [0.2, 0.25) is 0 Å². The lowest BCUT2D eigenvalue weighted by Crippen LogP contribution is -2.14. The van der Waals surface area contributed by atoms with Crippen LogP contribution in [0.4, 0.5) is 5.69 Å². The summed E-state index contributed by atoms with van der Waals surface area (Å²) in [6.45, 7) is 4.57. The summed E-state index contributed by atoms with van der Waals surface area (Å²) in [6.07, 6.45) is 1.75. The number of carbonyl (C=O) groups is 1. The second-order valence-electron chi connectivity index (χ2n) is 6.52. The SMILES string of the molecule is CCc1cccc(CC)c1NC(=O)c1ccc(OCc2ccccc2Cl)cc1. The number of rotatable bonds is 7. The molecule has 0 bridgehead atoms. The third kappa shape index (κ3) is 4.73. The van der Waals surface area contributed by atoms with Crippen molar-refractivity contribution in [3.05, 3.63) is 94.0 Å². The van der Waals surface area contributed by atoms with Crippen LogP contribution in [0.2, 0.25) is 5.02 Å². The molecule has 0 radical (unpaired) electrons. The maximum absolute atomic E-state index is 12.7. The molecule has 0 aliphatic heterocycles. The van der Waals surface area contributed by atoms with Crippen LogP contribution in [0.15, 0.2) is 66.7 Å². The minimum absolute atomic E-state index is 0.117. The van der Waals surface area contributed by atoms with Crippen LogP contribution in [0.5, 0.6) is 5.75 Å². The topological polar surface area (TPSA) is 38.3 Å². The fourth-order valence-electron chi connectivity index (χ4n) is 3.07. The first-order valence-electron chi connectivity index (χ1n) is 9.50. The van der Waals surface area contributed by atoms with Gasteiger partial charge in [0.1, 0.15) is 12.4 Å². The van der Waals surface area contributed by atoms with Gasteiger partial charge in [0.15, 0.2) is 0 Å². The molecule has 0 aromatic heterocycles. The Balaban J connectivity index is 1.68. The molecule has 28 heavy (non-hydrogen) atoms. The Morgan fingerprint density at radius 2 is 1.46 bits per heavy atom. The zero-order chi connectivity index (χ0) is 19.9. The van der Waals surface area contributed by atoms with E-state index in [1.54, 1.807) is 24.3 Å². The van der Waals surface area contributed by atoms with Crippen molar-refractivity contribution in [3.8, 4) is 5.75 Å². The standard InChI is InChI=1S/C24H24ClNO2/c1-3-17-9-7-10-18(4-2)23(17)26-24(27)19-12-14-21(15-13-19)28-16-20-8-5-6-11-22(20)25/h5-15H,3-4,16H2,1-2H3,(H,26,27). The van der Waals surface area contributed by atoms with Crippen molar-refractivity contribution in [1.29, 1.82) is 0 Å². The molecule has 0 atom stereocenters. The monoisotopic (exact) mass is 393 g/mol. The van der Waals surface area contributed by atoms with Gasteiger partial charge in [-0.2, -0.15) is 0 Å². The van der Waals surface area contributed by atoms with Crippen LogP contribution in [-0.4, -0.2) is 5.91 Å². The average Bonchev–Trinajstić information content (AvgIpc) is 2.73. The highest BCUT2D eigenvalue weighted by atomic mass is 35.5. The summed E-state index contributed by atoms with van der Waals surface area (Å²) >= 11 is 6.15. The number of nitrogens with one attached hydrogen (secondary N) is 1. The largest absolute Gasteiger partial charge is 0.489 e. The summed E-state index contributed by atoms with van der Waals surface area (Å²) in [4.78, 5) is 12.7. The maximum atomic E-state index is 12.7. The van der Waals surface area contributed by atoms with Crippen LogP contribution in [0.3, 0.4) is 0 Å². The van der Waals surface area contributed by atoms with E-state index in [1.165, 1.54) is 0 Å². The third-order valence-corrected chi connectivity index (χ3v) is 5.07. The number of halogens is 1. The van der Waals surface area contributed by atoms with Gasteiger partial charge in [0, 0.05) is 21.8 Å². The molecule has 1 N–H and O–H groups in total. The minimum atomic E-state index is -0.117. The Bertz CT molecular complexity index is 929. The predicted octanol–water partition coefficient (Wildman–Crippen LogP) is 6.30. The van der Waals surface area contributed by atoms with Crippen LogP contribution in [0.25, 0.3) is 0 Å². The van der Waals surface area contributed by atoms with Gasteiger partial charge in [-0.1, -0.05) is 61.8 Å². The summed E-state index contributed by atoms with van der Waals surface area (Å²) in [5.74, 6) is 0.577. The molecule has 3 rings (SSSR count). The van der Waals surface area contributed by atoms with Gasteiger partial charge < -0.3 is 10.1 Å². The van der Waals surface area contributed by atoms with E-state index in [0.717, 1.165) is 35.2 Å². The Morgan fingerprint density at radius 1 is 0.857 bits per heavy atom. The zero-order valence-electron chi connectivity index (χ0n) is 16.2. The van der Waals surface area contributed by atoms with Gasteiger partial charge in [-0.25, -0.2) is 0 Å². The van der Waals surface area contributed by atoms with Gasteiger partial charge in [-0.3, -0.25) is 4.79 Å². The predicted molar refractivity (Wildman–Crippen MR) is 115 cm³/mol. The molecule has 0 fully saturated rings. The number of para-hydroxylation sites is 1. The number of aryl methyl sites for hydroxylation is 2. The first-order valence-corrected chi connectivity index (χ1v) is 9.88. The second-order valence-corrected chi connectivity index (χ2v) is 6.92. The molecule has 1 amide bonds. The van der Waals surface area contributed by atoms with Gasteiger partial charge in [0.05, 0.1) is 0 Å². The van der Waals surface area contributed by atoms with E-state index in [0.29, 0.717) is 22.9 Å². The molecule has 3 aromatic carbocycles. The second kappa shape index (κ2) is 9.43. The van der Waals surface area contributed by atoms with Crippen molar-refractivity contribution in [3.63, 3.8) is 0 Å². The Hall–Kier alpha value is -2.78. The van der Waals surface area contributed by atoms with Crippen LogP contribution in [0.1, 0.15) is 40.9 Å². The van der Waals surface area contributed by atoms with E-state index in [9.17, 15) is 4.79 Å². The molecule has 3 aromatic rings. The molecule has 0 spiro atoms. The van der Waals surface area contributed by atoms with Crippen molar-refractivity contribution >= 4 is 23.2 Å². The number of hydrogen-bond donors (Lipinski definition) is 1. The Labute approximate surface area is 171 Å². The lowest BCUT2D eigenvalue weighted by Gasteiger charge is -2.14. The van der Waals surface area contributed by atoms with Crippen molar-refractivity contribution in [2.75, 3.05) is 5.32 Å². The van der Waals surface area contributed by atoms with Crippen LogP contribution >= 0.6 is 11.6 Å². The van der Waals surface area contributed by atoms with Crippen molar-refractivity contribution < 1.29 is 9.53 Å². The van der Waals surface area contributed by atoms with E-state index in [-0.39, 0.29) is 5.91 Å². The maximum Gasteiger partial charge on any atom is 0.255 e. The number of carbonyl (C=O) groups excluding carboxylic acids is 1. The smallest absolute Gasteiger partial charge is 0.255 e. The van der Waals surface area contributed by atoms with Crippen molar-refractivity contribution in [2.45, 2.75) is 33.3 Å².